The van der Waals surface area contributed by atoms with Gasteiger partial charge in [-0.2, -0.15) is 0 Å². The molecule has 0 amide bonds. The summed E-state index contributed by atoms with van der Waals surface area (Å²) in [5.74, 6) is 1.60. The number of fused-ring (bicyclic) bond motifs is 3. The molecule has 0 spiro atoms. The molecule has 3 aromatic rings. The lowest BCUT2D eigenvalue weighted by molar-refractivity contribution is 0.438. The van der Waals surface area contributed by atoms with Crippen molar-refractivity contribution >= 4 is 49.9 Å². The van der Waals surface area contributed by atoms with Crippen LogP contribution in [-0.4, -0.2) is 8.42 Å². The third-order valence-corrected chi connectivity index (χ3v) is 6.82. The van der Waals surface area contributed by atoms with Crippen LogP contribution in [0.5, 0.6) is 0 Å². The van der Waals surface area contributed by atoms with Gasteiger partial charge in [0.1, 0.15) is 16.2 Å². The molecule has 136 valence electrons. The second-order valence-electron chi connectivity index (χ2n) is 6.74. The highest BCUT2D eigenvalue weighted by molar-refractivity contribution is 7.92. The summed E-state index contributed by atoms with van der Waals surface area (Å²) in [5.41, 5.74) is 2.43. The maximum atomic E-state index is 12.7. The zero-order chi connectivity index (χ0) is 18.5. The van der Waals surface area contributed by atoms with Gasteiger partial charge < -0.3 is 4.42 Å². The molecule has 2 aromatic carbocycles. The van der Waals surface area contributed by atoms with Gasteiger partial charge in [-0.1, -0.05) is 30.1 Å². The molecule has 1 atom stereocenters. The van der Waals surface area contributed by atoms with Crippen LogP contribution in [0.1, 0.15) is 24.7 Å². The van der Waals surface area contributed by atoms with Gasteiger partial charge in [0.15, 0.2) is 0 Å². The first-order chi connectivity index (χ1) is 12.3. The Hall–Kier alpha value is -1.69. The van der Waals surface area contributed by atoms with E-state index in [0.717, 1.165) is 36.0 Å². The van der Waals surface area contributed by atoms with Crippen LogP contribution in [0.25, 0.3) is 11.0 Å². The molecule has 0 saturated carbocycles. The van der Waals surface area contributed by atoms with Crippen molar-refractivity contribution in [1.29, 1.82) is 0 Å². The fourth-order valence-corrected chi connectivity index (χ4v) is 5.22. The van der Waals surface area contributed by atoms with Gasteiger partial charge in [-0.05, 0) is 55.2 Å². The van der Waals surface area contributed by atoms with Crippen molar-refractivity contribution < 1.29 is 12.8 Å². The predicted octanol–water partition coefficient (Wildman–Crippen LogP) is 5.67. The molecule has 7 heteroatoms. The van der Waals surface area contributed by atoms with Crippen molar-refractivity contribution in [1.82, 2.24) is 0 Å². The van der Waals surface area contributed by atoms with Crippen LogP contribution >= 0.6 is 23.2 Å². The molecule has 0 aliphatic heterocycles. The van der Waals surface area contributed by atoms with Crippen molar-refractivity contribution in [2.45, 2.75) is 31.1 Å². The average Bonchev–Trinajstić information content (AvgIpc) is 2.94. The molecule has 4 nitrogen and oxygen atoms in total. The van der Waals surface area contributed by atoms with E-state index < -0.39 is 10.0 Å². The molecule has 0 unspecified atom stereocenters. The van der Waals surface area contributed by atoms with Crippen LogP contribution in [0.2, 0.25) is 10.0 Å². The summed E-state index contributed by atoms with van der Waals surface area (Å²) in [6, 6.07) is 9.67. The Kier molecular flexibility index (Phi) is 4.41. The number of furan rings is 1. The SMILES string of the molecule is C[C@@H]1CCc2oc3ccc(NS(=O)(=O)c4cc(Cl)ccc4Cl)cc3c2C1. The highest BCUT2D eigenvalue weighted by atomic mass is 35.5. The summed E-state index contributed by atoms with van der Waals surface area (Å²) < 4.78 is 33.9. The molecular formula is C19H17Cl2NO3S. The molecular weight excluding hydrogens is 393 g/mol. The molecule has 1 heterocycles. The van der Waals surface area contributed by atoms with Gasteiger partial charge >= 0.3 is 0 Å². The second-order valence-corrected chi connectivity index (χ2v) is 9.24. The third kappa shape index (κ3) is 3.20. The molecule has 0 bridgehead atoms. The first-order valence-corrected chi connectivity index (χ1v) is 10.6. The topological polar surface area (TPSA) is 59.3 Å². The van der Waals surface area contributed by atoms with Gasteiger partial charge in [0.25, 0.3) is 10.0 Å². The van der Waals surface area contributed by atoms with Crippen LogP contribution in [0.3, 0.4) is 0 Å². The zero-order valence-electron chi connectivity index (χ0n) is 14.1. The quantitative estimate of drug-likeness (QED) is 0.606. The van der Waals surface area contributed by atoms with E-state index in [-0.39, 0.29) is 9.92 Å². The molecule has 1 aromatic heterocycles. The maximum Gasteiger partial charge on any atom is 0.263 e. The van der Waals surface area contributed by atoms with Gasteiger partial charge in [-0.25, -0.2) is 8.42 Å². The summed E-state index contributed by atoms with van der Waals surface area (Å²) in [6.45, 7) is 2.22. The molecule has 0 radical (unpaired) electrons. The van der Waals surface area contributed by atoms with Crippen LogP contribution in [0.4, 0.5) is 5.69 Å². The number of aryl methyl sites for hydroxylation is 1. The molecule has 1 aliphatic carbocycles. The normalized spacial score (nSPS) is 17.3. The fraction of sp³-hybridized carbons (Fsp3) is 0.263. The number of halogens is 2. The molecule has 0 saturated heterocycles. The van der Waals surface area contributed by atoms with Gasteiger partial charge in [-0.15, -0.1) is 0 Å². The van der Waals surface area contributed by atoms with Crippen molar-refractivity contribution in [2.75, 3.05) is 4.72 Å². The van der Waals surface area contributed by atoms with Crippen LogP contribution in [0.15, 0.2) is 45.7 Å². The predicted molar refractivity (Wildman–Crippen MR) is 105 cm³/mol. The van der Waals surface area contributed by atoms with E-state index in [1.165, 1.54) is 17.7 Å². The number of hydrogen-bond acceptors (Lipinski definition) is 3. The summed E-state index contributed by atoms with van der Waals surface area (Å²) in [7, 11) is -3.85. The smallest absolute Gasteiger partial charge is 0.263 e. The number of anilines is 1. The number of rotatable bonds is 3. The zero-order valence-corrected chi connectivity index (χ0v) is 16.4. The van der Waals surface area contributed by atoms with Gasteiger partial charge in [0.05, 0.1) is 5.02 Å². The molecule has 1 N–H and O–H groups in total. The van der Waals surface area contributed by atoms with Crippen molar-refractivity contribution in [3.63, 3.8) is 0 Å². The van der Waals surface area contributed by atoms with Gasteiger partial charge in [-0.3, -0.25) is 4.72 Å². The number of hydrogen-bond donors (Lipinski definition) is 1. The summed E-state index contributed by atoms with van der Waals surface area (Å²) in [5, 5.41) is 1.39. The number of nitrogens with one attached hydrogen (secondary N) is 1. The van der Waals surface area contributed by atoms with Crippen molar-refractivity contribution in [2.24, 2.45) is 5.92 Å². The first-order valence-electron chi connectivity index (χ1n) is 8.35. The Morgan fingerprint density at radius 1 is 1.15 bits per heavy atom. The summed E-state index contributed by atoms with van der Waals surface area (Å²) >= 11 is 12.0. The molecule has 26 heavy (non-hydrogen) atoms. The van der Waals surface area contributed by atoms with E-state index >= 15 is 0 Å². The Labute approximate surface area is 162 Å². The molecule has 1 aliphatic rings. The largest absolute Gasteiger partial charge is 0.461 e. The monoisotopic (exact) mass is 409 g/mol. The highest BCUT2D eigenvalue weighted by Crippen LogP contribution is 2.36. The Bertz CT molecular complexity index is 1110. The number of sulfonamides is 1. The standard InChI is InChI=1S/C19H17Cl2NO3S/c1-11-2-6-17-14(8-11)15-10-13(4-7-18(15)25-17)22-26(23,24)19-9-12(20)3-5-16(19)21/h3-5,7,9-11,22H,2,6,8H2,1H3/t11-/m1/s1. The van der Waals surface area contributed by atoms with Crippen LogP contribution in [-0.2, 0) is 22.9 Å². The minimum atomic E-state index is -3.85. The number of benzene rings is 2. The Balaban J connectivity index is 1.73. The van der Waals surface area contributed by atoms with E-state index in [4.69, 9.17) is 27.6 Å². The van der Waals surface area contributed by atoms with Crippen LogP contribution in [0, 0.1) is 5.92 Å². The van der Waals surface area contributed by atoms with E-state index in [9.17, 15) is 8.42 Å². The fourth-order valence-electron chi connectivity index (χ4n) is 3.41. The minimum absolute atomic E-state index is 0.0467. The second kappa shape index (κ2) is 6.48. The third-order valence-electron chi connectivity index (χ3n) is 4.73. The summed E-state index contributed by atoms with van der Waals surface area (Å²) in [6.07, 6.45) is 2.97. The van der Waals surface area contributed by atoms with E-state index in [2.05, 4.69) is 11.6 Å². The Morgan fingerprint density at radius 2 is 1.96 bits per heavy atom. The lowest BCUT2D eigenvalue weighted by Gasteiger charge is -2.16. The van der Waals surface area contributed by atoms with Gasteiger partial charge in [0.2, 0.25) is 0 Å². The molecule has 4 rings (SSSR count). The average molecular weight is 410 g/mol. The van der Waals surface area contributed by atoms with E-state index in [1.807, 2.05) is 6.07 Å². The lowest BCUT2D eigenvalue weighted by Crippen LogP contribution is -2.13. The maximum absolute atomic E-state index is 12.7. The molecule has 0 fully saturated rings. The minimum Gasteiger partial charge on any atom is -0.461 e. The summed E-state index contributed by atoms with van der Waals surface area (Å²) in [4.78, 5) is -0.0467. The van der Waals surface area contributed by atoms with Crippen LogP contribution < -0.4 is 4.72 Å². The Morgan fingerprint density at radius 3 is 2.77 bits per heavy atom. The van der Waals surface area contributed by atoms with Crippen molar-refractivity contribution in [3.8, 4) is 0 Å². The van der Waals surface area contributed by atoms with Crippen molar-refractivity contribution in [3.05, 3.63) is 57.8 Å². The van der Waals surface area contributed by atoms with E-state index in [1.54, 1.807) is 18.2 Å². The highest BCUT2D eigenvalue weighted by Gasteiger charge is 2.23. The first kappa shape index (κ1) is 17.7. The van der Waals surface area contributed by atoms with Gasteiger partial charge in [0, 0.05) is 28.1 Å². The van der Waals surface area contributed by atoms with E-state index in [0.29, 0.717) is 16.6 Å². The lowest BCUT2D eigenvalue weighted by atomic mass is 9.88.